The van der Waals surface area contributed by atoms with Crippen LogP contribution in [0.3, 0.4) is 0 Å². The molecule has 0 radical (unpaired) electrons. The van der Waals surface area contributed by atoms with Crippen molar-refractivity contribution in [2.45, 2.75) is 45.2 Å². The molecule has 1 aromatic heterocycles. The topological polar surface area (TPSA) is 96.6 Å². The van der Waals surface area contributed by atoms with E-state index in [-0.39, 0.29) is 23.7 Å². The number of carbonyl (C=O) groups is 1. The van der Waals surface area contributed by atoms with Gasteiger partial charge in [-0.1, -0.05) is 42.5 Å². The van der Waals surface area contributed by atoms with Crippen molar-refractivity contribution >= 4 is 17.4 Å². The van der Waals surface area contributed by atoms with Gasteiger partial charge in [-0.25, -0.2) is 9.97 Å². The van der Waals surface area contributed by atoms with Crippen LogP contribution in [0.15, 0.2) is 66.7 Å². The second kappa shape index (κ2) is 12.5. The van der Waals surface area contributed by atoms with Crippen LogP contribution in [0, 0.1) is 23.7 Å². The second-order valence-corrected chi connectivity index (χ2v) is 12.7. The summed E-state index contributed by atoms with van der Waals surface area (Å²) in [5.74, 6) is 3.00. The number of aromatic nitrogens is 2. The highest BCUT2D eigenvalue weighted by Crippen LogP contribution is 2.49. The van der Waals surface area contributed by atoms with E-state index in [2.05, 4.69) is 69.7 Å². The molecule has 2 fully saturated rings. The third kappa shape index (κ3) is 6.31. The van der Waals surface area contributed by atoms with Crippen molar-refractivity contribution in [2.75, 3.05) is 38.1 Å². The van der Waals surface area contributed by atoms with Crippen molar-refractivity contribution in [2.24, 2.45) is 29.4 Å². The fourth-order valence-electron chi connectivity index (χ4n) is 7.60. The highest BCUT2D eigenvalue weighted by molar-refractivity contribution is 5.78. The number of nitrogens with one attached hydrogen (secondary N) is 1. The molecule has 3 heterocycles. The maximum Gasteiger partial charge on any atom is 0.221 e. The van der Waals surface area contributed by atoms with E-state index in [1.165, 1.54) is 31.5 Å². The first-order valence-corrected chi connectivity index (χ1v) is 15.9. The molecule has 4 aliphatic rings. The summed E-state index contributed by atoms with van der Waals surface area (Å²) in [6, 6.07) is 18.8. The number of allylic oxidation sites excluding steroid dienone is 2. The van der Waals surface area contributed by atoms with E-state index in [0.717, 1.165) is 73.4 Å². The van der Waals surface area contributed by atoms with Gasteiger partial charge in [0, 0.05) is 56.2 Å². The smallest absolute Gasteiger partial charge is 0.221 e. The molecule has 3 aromatic rings. The highest BCUT2D eigenvalue weighted by Gasteiger charge is 2.47. The van der Waals surface area contributed by atoms with Crippen molar-refractivity contribution in [1.29, 1.82) is 0 Å². The first-order chi connectivity index (χ1) is 21.1. The number of amides is 1. The number of hydrogen-bond acceptors (Lipinski definition) is 7. The Bertz CT molecular complexity index is 1450. The van der Waals surface area contributed by atoms with E-state index in [0.29, 0.717) is 18.9 Å². The van der Waals surface area contributed by atoms with E-state index in [1.54, 1.807) is 0 Å². The van der Waals surface area contributed by atoms with E-state index in [4.69, 9.17) is 20.4 Å². The number of nitrogens with zero attached hydrogens (tertiary/aromatic N) is 4. The minimum Gasteiger partial charge on any atom is -0.492 e. The molecule has 2 aliphatic heterocycles. The van der Waals surface area contributed by atoms with Crippen molar-refractivity contribution in [3.63, 3.8) is 0 Å². The summed E-state index contributed by atoms with van der Waals surface area (Å²) in [7, 11) is 0. The van der Waals surface area contributed by atoms with Crippen molar-refractivity contribution in [3.05, 3.63) is 89.4 Å². The largest absolute Gasteiger partial charge is 0.492 e. The minimum absolute atomic E-state index is 0.134. The number of hydrogen-bond donors (Lipinski definition) is 2. The van der Waals surface area contributed by atoms with Crippen LogP contribution in [0.2, 0.25) is 0 Å². The van der Waals surface area contributed by atoms with Crippen molar-refractivity contribution < 1.29 is 9.53 Å². The Morgan fingerprint density at radius 2 is 1.74 bits per heavy atom. The van der Waals surface area contributed by atoms with Crippen LogP contribution in [0.4, 0.5) is 11.5 Å². The number of likely N-dealkylation sites (tertiary alicyclic amines) is 1. The van der Waals surface area contributed by atoms with Crippen LogP contribution < -0.4 is 15.8 Å². The van der Waals surface area contributed by atoms with Crippen molar-refractivity contribution in [1.82, 2.24) is 19.8 Å². The van der Waals surface area contributed by atoms with Crippen LogP contribution in [-0.4, -0.2) is 58.5 Å². The van der Waals surface area contributed by atoms with Gasteiger partial charge in [0.25, 0.3) is 0 Å². The summed E-state index contributed by atoms with van der Waals surface area (Å²) in [5.41, 5.74) is 10.4. The molecular weight excluding hydrogens is 536 g/mol. The minimum atomic E-state index is -0.197. The molecule has 1 amide bonds. The molecule has 4 unspecified atom stereocenters. The van der Waals surface area contributed by atoms with E-state index < -0.39 is 0 Å². The molecule has 8 nitrogen and oxygen atoms in total. The summed E-state index contributed by atoms with van der Waals surface area (Å²) in [4.78, 5) is 27.5. The van der Waals surface area contributed by atoms with Gasteiger partial charge in [0.05, 0.1) is 5.69 Å². The van der Waals surface area contributed by atoms with Gasteiger partial charge in [-0.05, 0) is 79.9 Å². The summed E-state index contributed by atoms with van der Waals surface area (Å²) < 4.78 is 6.04. The zero-order chi connectivity index (χ0) is 29.2. The number of ether oxygens (including phenoxy) is 1. The third-order valence-electron chi connectivity index (χ3n) is 9.80. The number of carbonyl (C=O) groups excluding carboxylic acids is 1. The Morgan fingerprint density at radius 3 is 2.53 bits per heavy atom. The van der Waals surface area contributed by atoms with Crippen LogP contribution in [-0.2, 0) is 30.7 Å². The molecule has 1 saturated heterocycles. The summed E-state index contributed by atoms with van der Waals surface area (Å²) in [6.07, 6.45) is 9.58. The normalized spacial score (nSPS) is 24.7. The Kier molecular flexibility index (Phi) is 8.13. The Morgan fingerprint density at radius 1 is 0.953 bits per heavy atom. The first kappa shape index (κ1) is 28.0. The molecule has 2 bridgehead atoms. The SMILES string of the molecule is NC(=O)C1C2C=CC(C2)C1Cc1nc2c(c(Nc3ccc(OCCN4CCCC4)cc3)n1)CN(Cc1ccccc1)CC2. The summed E-state index contributed by atoms with van der Waals surface area (Å²) in [5, 5.41) is 3.63. The Hall–Kier alpha value is -3.75. The average Bonchev–Trinajstić information content (AvgIpc) is 3.78. The number of anilines is 2. The predicted octanol–water partition coefficient (Wildman–Crippen LogP) is 4.72. The zero-order valence-electron chi connectivity index (χ0n) is 24.8. The van der Waals surface area contributed by atoms with Crippen LogP contribution in [0.25, 0.3) is 0 Å². The van der Waals surface area contributed by atoms with Crippen LogP contribution in [0.5, 0.6) is 5.75 Å². The maximum absolute atomic E-state index is 12.4. The summed E-state index contributed by atoms with van der Waals surface area (Å²) in [6.45, 7) is 6.67. The van der Waals surface area contributed by atoms with Gasteiger partial charge >= 0.3 is 0 Å². The molecule has 8 heteroatoms. The lowest BCUT2D eigenvalue weighted by atomic mass is 9.80. The number of rotatable bonds is 11. The molecule has 2 aromatic carbocycles. The fraction of sp³-hybridized carbons (Fsp3) is 0.457. The van der Waals surface area contributed by atoms with Gasteiger partial charge in [-0.2, -0.15) is 0 Å². The van der Waals surface area contributed by atoms with Gasteiger partial charge in [-0.15, -0.1) is 0 Å². The fourth-order valence-corrected chi connectivity index (χ4v) is 7.60. The Labute approximate surface area is 254 Å². The molecular formula is C35H42N6O2. The lowest BCUT2D eigenvalue weighted by Crippen LogP contribution is -2.35. The third-order valence-corrected chi connectivity index (χ3v) is 9.80. The van der Waals surface area contributed by atoms with E-state index >= 15 is 0 Å². The quantitative estimate of drug-likeness (QED) is 0.318. The lowest BCUT2D eigenvalue weighted by Gasteiger charge is -2.30. The average molecular weight is 579 g/mol. The number of primary amides is 1. The maximum atomic E-state index is 12.4. The monoisotopic (exact) mass is 578 g/mol. The van der Waals surface area contributed by atoms with Crippen molar-refractivity contribution in [3.8, 4) is 5.75 Å². The van der Waals surface area contributed by atoms with Crippen LogP contribution in [0.1, 0.15) is 41.9 Å². The lowest BCUT2D eigenvalue weighted by molar-refractivity contribution is -0.123. The number of benzene rings is 2. The molecule has 4 atom stereocenters. The van der Waals surface area contributed by atoms with E-state index in [9.17, 15) is 4.79 Å². The van der Waals surface area contributed by atoms with Gasteiger partial charge in [0.2, 0.25) is 5.91 Å². The zero-order valence-corrected chi connectivity index (χ0v) is 24.8. The second-order valence-electron chi connectivity index (χ2n) is 12.7. The molecule has 224 valence electrons. The van der Waals surface area contributed by atoms with Gasteiger partial charge in [0.15, 0.2) is 0 Å². The molecule has 43 heavy (non-hydrogen) atoms. The molecule has 0 spiro atoms. The van der Waals surface area contributed by atoms with Crippen LogP contribution >= 0.6 is 0 Å². The van der Waals surface area contributed by atoms with E-state index in [1.807, 2.05) is 12.1 Å². The molecule has 1 saturated carbocycles. The molecule has 2 aliphatic carbocycles. The first-order valence-electron chi connectivity index (χ1n) is 15.9. The molecule has 7 rings (SSSR count). The van der Waals surface area contributed by atoms with Gasteiger partial charge in [-0.3, -0.25) is 14.6 Å². The highest BCUT2D eigenvalue weighted by atomic mass is 16.5. The van der Waals surface area contributed by atoms with Gasteiger partial charge < -0.3 is 15.8 Å². The number of fused-ring (bicyclic) bond motifs is 3. The molecule has 3 N–H and O–H groups in total. The number of nitrogens with two attached hydrogens (primary N) is 1. The predicted molar refractivity (Wildman–Crippen MR) is 168 cm³/mol. The Balaban J connectivity index is 1.10. The van der Waals surface area contributed by atoms with Gasteiger partial charge in [0.1, 0.15) is 24.0 Å². The standard InChI is InChI=1S/C35H42N6O2/c36-34(42)33-26-9-8-25(20-26)29(33)21-32-38-31-14-17-41(22-24-6-2-1-3-7-24)23-30(31)35(39-32)37-27-10-12-28(13-11-27)43-19-18-40-15-4-5-16-40/h1-3,6-13,25-26,29,33H,4-5,14-23H2,(H2,36,42)(H,37,38,39). The summed E-state index contributed by atoms with van der Waals surface area (Å²) >= 11 is 0.